The fourth-order valence-electron chi connectivity index (χ4n) is 1.26. The number of hydrogen-bond acceptors (Lipinski definition) is 2. The Morgan fingerprint density at radius 3 is 2.50 bits per heavy atom. The van der Waals surface area contributed by atoms with Crippen LogP contribution >= 0.6 is 0 Å². The predicted molar refractivity (Wildman–Crippen MR) is 59.5 cm³/mol. The molecule has 1 radical (unpaired) electrons. The zero-order chi connectivity index (χ0) is 13.6. The lowest BCUT2D eigenvalue weighted by Gasteiger charge is -2.12. The van der Waals surface area contributed by atoms with Crippen LogP contribution in [0.3, 0.4) is 0 Å². The summed E-state index contributed by atoms with van der Waals surface area (Å²) in [7, 11) is 0. The van der Waals surface area contributed by atoms with Gasteiger partial charge in [0.15, 0.2) is 0 Å². The fourth-order valence-corrected chi connectivity index (χ4v) is 1.26. The van der Waals surface area contributed by atoms with E-state index in [0.29, 0.717) is 6.42 Å². The van der Waals surface area contributed by atoms with Gasteiger partial charge in [0.05, 0.1) is 0 Å². The molecule has 99 valence electrons. The molecular formula is C12H13F3NO2. The number of hydrogen-bond donors (Lipinski definition) is 2. The Balaban J connectivity index is 2.32. The van der Waals surface area contributed by atoms with E-state index in [9.17, 15) is 23.1 Å². The molecule has 0 aromatic heterocycles. The monoisotopic (exact) mass is 260 g/mol. The lowest BCUT2D eigenvalue weighted by atomic mass is 10.1. The van der Waals surface area contributed by atoms with Crippen LogP contribution in [-0.4, -0.2) is 29.8 Å². The van der Waals surface area contributed by atoms with Gasteiger partial charge in [-0.2, -0.15) is 13.2 Å². The SMILES string of the molecule is O=C(NCC(F)(F)F)C(O)[CH]Cc1ccccc1. The van der Waals surface area contributed by atoms with Gasteiger partial charge in [-0.05, 0) is 12.0 Å². The third kappa shape index (κ3) is 5.67. The molecule has 1 aromatic carbocycles. The highest BCUT2D eigenvalue weighted by atomic mass is 19.4. The smallest absolute Gasteiger partial charge is 0.383 e. The molecule has 1 unspecified atom stereocenters. The molecule has 0 aliphatic heterocycles. The number of aliphatic hydroxyl groups is 1. The normalized spacial score (nSPS) is 13.1. The molecule has 3 nitrogen and oxygen atoms in total. The maximum atomic E-state index is 11.8. The van der Waals surface area contributed by atoms with Crippen LogP contribution in [0.15, 0.2) is 30.3 Å². The number of amides is 1. The zero-order valence-corrected chi connectivity index (χ0v) is 9.45. The third-order valence-corrected chi connectivity index (χ3v) is 2.15. The van der Waals surface area contributed by atoms with Crippen LogP contribution in [0, 0.1) is 6.42 Å². The standard InChI is InChI=1S/C12H13F3NO2/c13-12(14,15)8-16-11(18)10(17)7-6-9-4-2-1-3-5-9/h1-5,7,10,17H,6,8H2,(H,16,18). The average Bonchev–Trinajstić information content (AvgIpc) is 2.33. The van der Waals surface area contributed by atoms with Crippen molar-refractivity contribution < 1.29 is 23.1 Å². The molecule has 1 atom stereocenters. The van der Waals surface area contributed by atoms with Crippen LogP contribution in [0.5, 0.6) is 0 Å². The van der Waals surface area contributed by atoms with Gasteiger partial charge in [-0.1, -0.05) is 30.3 Å². The Kier molecular flexibility index (Phi) is 5.15. The highest BCUT2D eigenvalue weighted by Crippen LogP contribution is 2.12. The molecule has 18 heavy (non-hydrogen) atoms. The van der Waals surface area contributed by atoms with Gasteiger partial charge in [0.1, 0.15) is 12.6 Å². The van der Waals surface area contributed by atoms with Crippen molar-refractivity contribution in [1.82, 2.24) is 5.32 Å². The Bertz CT molecular complexity index is 379. The second kappa shape index (κ2) is 6.39. The molecule has 1 aromatic rings. The van der Waals surface area contributed by atoms with Crippen LogP contribution in [-0.2, 0) is 11.2 Å². The van der Waals surface area contributed by atoms with Gasteiger partial charge in [-0.15, -0.1) is 0 Å². The number of benzene rings is 1. The van der Waals surface area contributed by atoms with E-state index >= 15 is 0 Å². The zero-order valence-electron chi connectivity index (χ0n) is 9.45. The van der Waals surface area contributed by atoms with E-state index in [-0.39, 0.29) is 0 Å². The largest absolute Gasteiger partial charge is 0.405 e. The van der Waals surface area contributed by atoms with E-state index in [1.807, 2.05) is 6.07 Å². The molecule has 0 spiro atoms. The second-order valence-electron chi connectivity index (χ2n) is 3.70. The first-order valence-corrected chi connectivity index (χ1v) is 5.28. The summed E-state index contributed by atoms with van der Waals surface area (Å²) in [5, 5.41) is 11.0. The topological polar surface area (TPSA) is 49.3 Å². The van der Waals surface area contributed by atoms with Crippen LogP contribution < -0.4 is 5.32 Å². The van der Waals surface area contributed by atoms with Crippen molar-refractivity contribution in [3.05, 3.63) is 42.3 Å². The fraction of sp³-hybridized carbons (Fsp3) is 0.333. The van der Waals surface area contributed by atoms with E-state index in [4.69, 9.17) is 0 Å². The summed E-state index contributed by atoms with van der Waals surface area (Å²) in [6, 6.07) is 8.97. The molecule has 0 heterocycles. The van der Waals surface area contributed by atoms with Gasteiger partial charge in [0.25, 0.3) is 0 Å². The Morgan fingerprint density at radius 2 is 1.94 bits per heavy atom. The van der Waals surface area contributed by atoms with Gasteiger partial charge in [-0.25, -0.2) is 0 Å². The Hall–Kier alpha value is -1.56. The van der Waals surface area contributed by atoms with Crippen molar-refractivity contribution in [2.24, 2.45) is 0 Å². The lowest BCUT2D eigenvalue weighted by Crippen LogP contribution is -2.40. The number of carbonyl (C=O) groups excluding carboxylic acids is 1. The molecule has 0 bridgehead atoms. The first kappa shape index (κ1) is 14.5. The van der Waals surface area contributed by atoms with Crippen molar-refractivity contribution >= 4 is 5.91 Å². The van der Waals surface area contributed by atoms with Crippen LogP contribution in [0.4, 0.5) is 13.2 Å². The Labute approximate surface area is 103 Å². The van der Waals surface area contributed by atoms with Gasteiger partial charge in [0, 0.05) is 6.42 Å². The highest BCUT2D eigenvalue weighted by molar-refractivity contribution is 5.81. The van der Waals surface area contributed by atoms with Gasteiger partial charge >= 0.3 is 6.18 Å². The van der Waals surface area contributed by atoms with Crippen molar-refractivity contribution in [1.29, 1.82) is 0 Å². The van der Waals surface area contributed by atoms with Crippen molar-refractivity contribution in [2.45, 2.75) is 18.7 Å². The molecule has 0 aliphatic carbocycles. The highest BCUT2D eigenvalue weighted by Gasteiger charge is 2.29. The average molecular weight is 260 g/mol. The molecule has 2 N–H and O–H groups in total. The third-order valence-electron chi connectivity index (χ3n) is 2.15. The summed E-state index contributed by atoms with van der Waals surface area (Å²) in [4.78, 5) is 11.1. The number of alkyl halides is 3. The lowest BCUT2D eigenvalue weighted by molar-refractivity contribution is -0.142. The van der Waals surface area contributed by atoms with Crippen LogP contribution in [0.1, 0.15) is 5.56 Å². The summed E-state index contributed by atoms with van der Waals surface area (Å²) in [5.74, 6) is -1.05. The first-order chi connectivity index (χ1) is 8.38. The van der Waals surface area contributed by atoms with Gasteiger partial charge in [-0.3, -0.25) is 4.79 Å². The molecule has 0 saturated carbocycles. The molecule has 0 aliphatic rings. The number of rotatable bonds is 5. The molecule has 0 fully saturated rings. The maximum Gasteiger partial charge on any atom is 0.405 e. The molecule has 1 amide bonds. The van der Waals surface area contributed by atoms with Crippen molar-refractivity contribution in [3.63, 3.8) is 0 Å². The summed E-state index contributed by atoms with van der Waals surface area (Å²) < 4.78 is 35.5. The second-order valence-corrected chi connectivity index (χ2v) is 3.70. The molecule has 6 heteroatoms. The van der Waals surface area contributed by atoms with Crippen LogP contribution in [0.2, 0.25) is 0 Å². The number of carbonyl (C=O) groups is 1. The molecule has 0 saturated heterocycles. The molecular weight excluding hydrogens is 247 g/mol. The summed E-state index contributed by atoms with van der Waals surface area (Å²) in [6.45, 7) is -1.44. The molecule has 1 rings (SSSR count). The summed E-state index contributed by atoms with van der Waals surface area (Å²) >= 11 is 0. The van der Waals surface area contributed by atoms with Gasteiger partial charge in [0.2, 0.25) is 5.91 Å². The number of halogens is 3. The predicted octanol–water partition coefficient (Wildman–Crippen LogP) is 1.47. The van der Waals surface area contributed by atoms with E-state index in [0.717, 1.165) is 5.56 Å². The number of nitrogens with one attached hydrogen (secondary N) is 1. The van der Waals surface area contributed by atoms with E-state index < -0.39 is 24.7 Å². The van der Waals surface area contributed by atoms with E-state index in [1.54, 1.807) is 29.6 Å². The number of aliphatic hydroxyl groups excluding tert-OH is 1. The Morgan fingerprint density at radius 1 is 1.33 bits per heavy atom. The minimum atomic E-state index is -4.48. The van der Waals surface area contributed by atoms with E-state index in [1.165, 1.54) is 6.42 Å². The van der Waals surface area contributed by atoms with Gasteiger partial charge < -0.3 is 10.4 Å². The summed E-state index contributed by atoms with van der Waals surface area (Å²) in [5.41, 5.74) is 0.861. The van der Waals surface area contributed by atoms with Crippen molar-refractivity contribution in [3.8, 4) is 0 Å². The van der Waals surface area contributed by atoms with Crippen molar-refractivity contribution in [2.75, 3.05) is 6.54 Å². The minimum absolute atomic E-state index is 0.307. The van der Waals surface area contributed by atoms with E-state index in [2.05, 4.69) is 0 Å². The first-order valence-electron chi connectivity index (χ1n) is 5.28. The summed E-state index contributed by atoms with van der Waals surface area (Å²) in [6.07, 6.45) is -4.47. The quantitative estimate of drug-likeness (QED) is 0.842. The minimum Gasteiger partial charge on any atom is -0.383 e. The maximum absolute atomic E-state index is 11.8. The van der Waals surface area contributed by atoms with Crippen LogP contribution in [0.25, 0.3) is 0 Å².